The zero-order valence-electron chi connectivity index (χ0n) is 18.2. The van der Waals surface area contributed by atoms with Crippen LogP contribution in [0.25, 0.3) is 11.3 Å². The minimum Gasteiger partial charge on any atom is -0.497 e. The van der Waals surface area contributed by atoms with Gasteiger partial charge in [-0.15, -0.1) is 0 Å². The summed E-state index contributed by atoms with van der Waals surface area (Å²) < 4.78 is 30.1. The number of anilines is 1. The fourth-order valence-corrected chi connectivity index (χ4v) is 3.68. The van der Waals surface area contributed by atoms with E-state index in [1.807, 2.05) is 26.0 Å². The number of amides is 1. The SMILES string of the molecule is COc1ccc(-c2cc(C(=O)NCc3ccc(N4C[C@@H](C)O[C@H](C)C4)nc3)no2)c(F)c1. The van der Waals surface area contributed by atoms with Crippen LogP contribution >= 0.6 is 0 Å². The highest BCUT2D eigenvalue weighted by molar-refractivity contribution is 5.93. The Morgan fingerprint density at radius 1 is 1.22 bits per heavy atom. The molecule has 0 radical (unpaired) electrons. The molecule has 0 aliphatic carbocycles. The van der Waals surface area contributed by atoms with Gasteiger partial charge in [0, 0.05) is 38.0 Å². The molecule has 4 rings (SSSR count). The van der Waals surface area contributed by atoms with Crippen LogP contribution in [0.1, 0.15) is 29.9 Å². The molecule has 2 aromatic heterocycles. The van der Waals surface area contributed by atoms with Gasteiger partial charge in [0.05, 0.1) is 24.9 Å². The normalized spacial score (nSPS) is 18.4. The van der Waals surface area contributed by atoms with Gasteiger partial charge in [0.15, 0.2) is 11.5 Å². The number of methoxy groups -OCH3 is 1. The molecule has 1 fully saturated rings. The Kier molecular flexibility index (Phi) is 6.36. The van der Waals surface area contributed by atoms with Gasteiger partial charge >= 0.3 is 0 Å². The van der Waals surface area contributed by atoms with E-state index in [0.29, 0.717) is 5.75 Å². The second kappa shape index (κ2) is 9.35. The van der Waals surface area contributed by atoms with Crippen molar-refractivity contribution in [1.82, 2.24) is 15.5 Å². The van der Waals surface area contributed by atoms with Crippen LogP contribution in [0.3, 0.4) is 0 Å². The first-order valence-electron chi connectivity index (χ1n) is 10.4. The molecular formula is C23H25FN4O4. The smallest absolute Gasteiger partial charge is 0.273 e. The molecular weight excluding hydrogens is 415 g/mol. The van der Waals surface area contributed by atoms with Gasteiger partial charge in [-0.3, -0.25) is 4.79 Å². The lowest BCUT2D eigenvalue weighted by molar-refractivity contribution is -0.00546. The zero-order valence-corrected chi connectivity index (χ0v) is 18.2. The van der Waals surface area contributed by atoms with Crippen molar-refractivity contribution < 1.29 is 23.2 Å². The second-order valence-electron chi connectivity index (χ2n) is 7.79. The first-order valence-corrected chi connectivity index (χ1v) is 10.4. The molecule has 32 heavy (non-hydrogen) atoms. The van der Waals surface area contributed by atoms with Crippen molar-refractivity contribution in [2.45, 2.75) is 32.6 Å². The Bertz CT molecular complexity index is 1080. The molecule has 3 heterocycles. The van der Waals surface area contributed by atoms with Gasteiger partial charge in [-0.25, -0.2) is 9.37 Å². The third kappa shape index (κ3) is 4.88. The molecule has 1 N–H and O–H groups in total. The van der Waals surface area contributed by atoms with Gasteiger partial charge < -0.3 is 24.2 Å². The van der Waals surface area contributed by atoms with E-state index in [1.54, 1.807) is 12.3 Å². The number of benzene rings is 1. The number of carbonyl (C=O) groups excluding carboxylic acids is 1. The van der Waals surface area contributed by atoms with Gasteiger partial charge in [0.1, 0.15) is 17.4 Å². The third-order valence-corrected chi connectivity index (χ3v) is 5.19. The number of pyridine rings is 1. The lowest BCUT2D eigenvalue weighted by Gasteiger charge is -2.36. The van der Waals surface area contributed by atoms with E-state index in [2.05, 4.69) is 20.4 Å². The highest BCUT2D eigenvalue weighted by Gasteiger charge is 2.23. The molecule has 0 saturated carbocycles. The minimum absolute atomic E-state index is 0.0658. The average molecular weight is 440 g/mol. The number of hydrogen-bond acceptors (Lipinski definition) is 7. The van der Waals surface area contributed by atoms with Crippen LogP contribution in [0, 0.1) is 5.82 Å². The summed E-state index contributed by atoms with van der Waals surface area (Å²) in [6.07, 6.45) is 2.04. The zero-order chi connectivity index (χ0) is 22.7. The molecule has 3 aromatic rings. The number of carbonyl (C=O) groups is 1. The molecule has 1 amide bonds. The second-order valence-corrected chi connectivity index (χ2v) is 7.79. The highest BCUT2D eigenvalue weighted by Crippen LogP contribution is 2.27. The monoisotopic (exact) mass is 440 g/mol. The van der Waals surface area contributed by atoms with Crippen LogP contribution < -0.4 is 15.0 Å². The topological polar surface area (TPSA) is 89.7 Å². The van der Waals surface area contributed by atoms with Crippen LogP contribution in [0.4, 0.5) is 10.2 Å². The maximum Gasteiger partial charge on any atom is 0.273 e. The maximum absolute atomic E-state index is 14.2. The van der Waals surface area contributed by atoms with Crippen LogP contribution in [0.15, 0.2) is 47.1 Å². The number of nitrogens with one attached hydrogen (secondary N) is 1. The molecule has 1 aliphatic rings. The van der Waals surface area contributed by atoms with Crippen molar-refractivity contribution in [2.75, 3.05) is 25.1 Å². The molecule has 0 bridgehead atoms. The van der Waals surface area contributed by atoms with Gasteiger partial charge in [0.25, 0.3) is 5.91 Å². The summed E-state index contributed by atoms with van der Waals surface area (Å²) in [5, 5.41) is 6.54. The van der Waals surface area contributed by atoms with Crippen LogP contribution in [-0.2, 0) is 11.3 Å². The van der Waals surface area contributed by atoms with E-state index in [9.17, 15) is 9.18 Å². The van der Waals surface area contributed by atoms with Crippen LogP contribution in [0.5, 0.6) is 5.75 Å². The predicted octanol–water partition coefficient (Wildman–Crippen LogP) is 3.43. The largest absolute Gasteiger partial charge is 0.497 e. The van der Waals surface area contributed by atoms with E-state index in [-0.39, 0.29) is 35.8 Å². The van der Waals surface area contributed by atoms with Gasteiger partial charge in [-0.05, 0) is 37.6 Å². The van der Waals surface area contributed by atoms with E-state index >= 15 is 0 Å². The fourth-order valence-electron chi connectivity index (χ4n) is 3.68. The number of nitrogens with zero attached hydrogens (tertiary/aromatic N) is 3. The van der Waals surface area contributed by atoms with Crippen molar-refractivity contribution in [2.24, 2.45) is 0 Å². The van der Waals surface area contributed by atoms with Crippen molar-refractivity contribution >= 4 is 11.7 Å². The molecule has 2 atom stereocenters. The lowest BCUT2D eigenvalue weighted by atomic mass is 10.1. The molecule has 1 saturated heterocycles. The average Bonchev–Trinajstić information content (AvgIpc) is 3.27. The molecule has 9 heteroatoms. The van der Waals surface area contributed by atoms with Crippen molar-refractivity contribution in [3.05, 3.63) is 59.7 Å². The summed E-state index contributed by atoms with van der Waals surface area (Å²) in [7, 11) is 1.46. The molecule has 8 nitrogen and oxygen atoms in total. The van der Waals surface area contributed by atoms with Gasteiger partial charge in [0.2, 0.25) is 0 Å². The molecule has 0 unspecified atom stereocenters. The number of aromatic nitrogens is 2. The van der Waals surface area contributed by atoms with E-state index in [1.165, 1.54) is 25.3 Å². The van der Waals surface area contributed by atoms with E-state index in [0.717, 1.165) is 24.5 Å². The Hall–Kier alpha value is -3.46. The Balaban J connectivity index is 1.36. The molecule has 0 spiro atoms. The predicted molar refractivity (Wildman–Crippen MR) is 116 cm³/mol. The quantitative estimate of drug-likeness (QED) is 0.628. The Labute approximate surface area is 185 Å². The number of halogens is 1. The molecule has 1 aromatic carbocycles. The number of rotatable bonds is 6. The van der Waals surface area contributed by atoms with E-state index in [4.69, 9.17) is 14.0 Å². The maximum atomic E-state index is 14.2. The standard InChI is InChI=1S/C23H25FN4O4/c1-14-12-28(13-15(2)31-14)22-7-4-16(10-25-22)11-26-23(29)20-9-21(32-27-20)18-6-5-17(30-3)8-19(18)24/h4-10,14-15H,11-13H2,1-3H3,(H,26,29)/t14-,15-/m1/s1. The van der Waals surface area contributed by atoms with Gasteiger partial charge in [-0.2, -0.15) is 0 Å². The Morgan fingerprint density at radius 2 is 2.00 bits per heavy atom. The number of morpholine rings is 1. The first-order chi connectivity index (χ1) is 15.4. The fraction of sp³-hybridized carbons (Fsp3) is 0.348. The van der Waals surface area contributed by atoms with Gasteiger partial charge in [-0.1, -0.05) is 11.2 Å². The summed E-state index contributed by atoms with van der Waals surface area (Å²) in [6.45, 7) is 5.95. The van der Waals surface area contributed by atoms with Crippen molar-refractivity contribution in [3.63, 3.8) is 0 Å². The van der Waals surface area contributed by atoms with E-state index < -0.39 is 11.7 Å². The number of hydrogen-bond donors (Lipinski definition) is 1. The minimum atomic E-state index is -0.525. The van der Waals surface area contributed by atoms with Crippen LogP contribution in [0.2, 0.25) is 0 Å². The third-order valence-electron chi connectivity index (χ3n) is 5.19. The number of ether oxygens (including phenoxy) is 2. The summed E-state index contributed by atoms with van der Waals surface area (Å²) >= 11 is 0. The highest BCUT2D eigenvalue weighted by atomic mass is 19.1. The van der Waals surface area contributed by atoms with Crippen LogP contribution in [-0.4, -0.2) is 48.5 Å². The lowest BCUT2D eigenvalue weighted by Crippen LogP contribution is -2.45. The van der Waals surface area contributed by atoms with Crippen molar-refractivity contribution in [3.8, 4) is 17.1 Å². The summed E-state index contributed by atoms with van der Waals surface area (Å²) in [5.74, 6) is 0.484. The summed E-state index contributed by atoms with van der Waals surface area (Å²) in [4.78, 5) is 19.2. The summed E-state index contributed by atoms with van der Waals surface area (Å²) in [5.41, 5.74) is 1.11. The Morgan fingerprint density at radius 3 is 2.66 bits per heavy atom. The summed E-state index contributed by atoms with van der Waals surface area (Å²) in [6, 6.07) is 9.63. The van der Waals surface area contributed by atoms with Crippen molar-refractivity contribution in [1.29, 1.82) is 0 Å². The molecule has 168 valence electrons. The first kappa shape index (κ1) is 21.8. The molecule has 1 aliphatic heterocycles.